The Morgan fingerprint density at radius 2 is 2.04 bits per heavy atom. The first-order chi connectivity index (χ1) is 13.5. The van der Waals surface area contributed by atoms with Gasteiger partial charge in [0.2, 0.25) is 5.17 Å². The lowest BCUT2D eigenvalue weighted by atomic mass is 10.1. The Morgan fingerprint density at radius 1 is 1.25 bits per heavy atom. The molecular formula is C20H18N4O2S2. The van der Waals surface area contributed by atoms with Crippen LogP contribution in [0.25, 0.3) is 6.08 Å². The van der Waals surface area contributed by atoms with Gasteiger partial charge in [0.1, 0.15) is 10.8 Å². The largest absolute Gasteiger partial charge is 0.450 e. The van der Waals surface area contributed by atoms with Crippen molar-refractivity contribution in [1.29, 1.82) is 5.41 Å². The molecule has 0 fully saturated rings. The van der Waals surface area contributed by atoms with Crippen LogP contribution < -0.4 is 0 Å². The summed E-state index contributed by atoms with van der Waals surface area (Å²) in [6.07, 6.45) is 3.31. The van der Waals surface area contributed by atoms with Gasteiger partial charge in [0, 0.05) is 4.90 Å². The van der Waals surface area contributed by atoms with Crippen molar-refractivity contribution in [3.05, 3.63) is 53.3 Å². The number of aryl methyl sites for hydroxylation is 1. The second-order valence-corrected chi connectivity index (χ2v) is 8.45. The van der Waals surface area contributed by atoms with Crippen LogP contribution in [0.2, 0.25) is 0 Å². The maximum atomic E-state index is 12.4. The van der Waals surface area contributed by atoms with Crippen molar-refractivity contribution in [2.45, 2.75) is 36.7 Å². The molecule has 1 N–H and O–H groups in total. The molecule has 1 aromatic carbocycles. The molecular weight excluding hydrogens is 392 g/mol. The van der Waals surface area contributed by atoms with E-state index < -0.39 is 5.91 Å². The van der Waals surface area contributed by atoms with Gasteiger partial charge >= 0.3 is 0 Å². The molecule has 2 aromatic rings. The Kier molecular flexibility index (Phi) is 5.23. The summed E-state index contributed by atoms with van der Waals surface area (Å²) in [7, 11) is 0. The van der Waals surface area contributed by atoms with E-state index in [-0.39, 0.29) is 11.4 Å². The molecule has 0 atom stereocenters. The number of carbonyl (C=O) groups is 1. The minimum absolute atomic E-state index is 0.0257. The molecule has 0 aliphatic carbocycles. The quantitative estimate of drug-likeness (QED) is 0.689. The van der Waals surface area contributed by atoms with Crippen molar-refractivity contribution in [3.8, 4) is 0 Å². The van der Waals surface area contributed by atoms with Gasteiger partial charge in [-0.15, -0.1) is 0 Å². The number of hydrogen-bond acceptors (Lipinski definition) is 6. The zero-order valence-corrected chi connectivity index (χ0v) is 17.1. The van der Waals surface area contributed by atoms with E-state index in [4.69, 9.17) is 9.83 Å². The van der Waals surface area contributed by atoms with Crippen molar-refractivity contribution in [1.82, 2.24) is 5.01 Å². The first-order valence-corrected chi connectivity index (χ1v) is 10.5. The average Bonchev–Trinajstić information content (AvgIpc) is 3.28. The van der Waals surface area contributed by atoms with Gasteiger partial charge in [-0.25, -0.2) is 0 Å². The topological polar surface area (TPSA) is 82.0 Å². The number of nitrogens with zero attached hydrogens (tertiary/aromatic N) is 3. The lowest BCUT2D eigenvalue weighted by Crippen LogP contribution is -2.35. The highest BCUT2D eigenvalue weighted by Gasteiger charge is 2.35. The number of fused-ring (bicyclic) bond motifs is 1. The second kappa shape index (κ2) is 7.81. The van der Waals surface area contributed by atoms with Gasteiger partial charge in [-0.2, -0.15) is 15.1 Å². The van der Waals surface area contributed by atoms with E-state index in [2.05, 4.69) is 17.0 Å². The van der Waals surface area contributed by atoms with Gasteiger partial charge in [-0.05, 0) is 61.9 Å². The lowest BCUT2D eigenvalue weighted by molar-refractivity contribution is -0.114. The SMILES string of the molecule is CCCC1=NN2C(=N)/C(=C/c3ccc(Sc4ccc(C)cc4)o3)C(=O)N=C2S1. The number of aliphatic imine (C=N–C) groups is 1. The summed E-state index contributed by atoms with van der Waals surface area (Å²) in [5.41, 5.74) is 1.38. The minimum Gasteiger partial charge on any atom is -0.450 e. The predicted molar refractivity (Wildman–Crippen MR) is 114 cm³/mol. The summed E-state index contributed by atoms with van der Waals surface area (Å²) in [5.74, 6) is 0.0875. The number of amides is 1. The molecule has 28 heavy (non-hydrogen) atoms. The monoisotopic (exact) mass is 410 g/mol. The van der Waals surface area contributed by atoms with Gasteiger partial charge in [-0.3, -0.25) is 10.2 Å². The maximum absolute atomic E-state index is 12.4. The average molecular weight is 411 g/mol. The van der Waals surface area contributed by atoms with Crippen LogP contribution in [0.1, 0.15) is 31.1 Å². The molecule has 6 nitrogen and oxygen atoms in total. The number of furan rings is 1. The van der Waals surface area contributed by atoms with Crippen LogP contribution in [0.4, 0.5) is 0 Å². The van der Waals surface area contributed by atoms with Crippen LogP contribution in [-0.4, -0.2) is 27.0 Å². The molecule has 2 aliphatic rings. The van der Waals surface area contributed by atoms with Crippen molar-refractivity contribution in [2.75, 3.05) is 0 Å². The number of benzene rings is 1. The summed E-state index contributed by atoms with van der Waals surface area (Å²) >= 11 is 2.86. The third-order valence-corrected chi connectivity index (χ3v) is 5.99. The Labute approximate surface area is 171 Å². The molecule has 8 heteroatoms. The molecule has 0 saturated carbocycles. The summed E-state index contributed by atoms with van der Waals surface area (Å²) in [5, 5.41) is 16.2. The molecule has 0 radical (unpaired) electrons. The van der Waals surface area contributed by atoms with Gasteiger partial charge in [0.05, 0.1) is 5.57 Å². The highest BCUT2D eigenvalue weighted by Crippen LogP contribution is 2.32. The Hall–Kier alpha value is -2.58. The van der Waals surface area contributed by atoms with Gasteiger partial charge in [0.25, 0.3) is 5.91 Å². The first kappa shape index (κ1) is 18.8. The van der Waals surface area contributed by atoms with E-state index in [1.807, 2.05) is 37.3 Å². The molecule has 0 spiro atoms. The maximum Gasteiger partial charge on any atom is 0.283 e. The van der Waals surface area contributed by atoms with E-state index in [1.165, 1.54) is 34.1 Å². The summed E-state index contributed by atoms with van der Waals surface area (Å²) < 4.78 is 5.82. The number of hydrazone groups is 1. The number of rotatable bonds is 5. The smallest absolute Gasteiger partial charge is 0.283 e. The first-order valence-electron chi connectivity index (χ1n) is 8.87. The van der Waals surface area contributed by atoms with E-state index in [9.17, 15) is 4.79 Å². The highest BCUT2D eigenvalue weighted by atomic mass is 32.2. The molecule has 4 rings (SSSR count). The van der Waals surface area contributed by atoms with Crippen molar-refractivity contribution >= 4 is 51.6 Å². The fourth-order valence-corrected chi connectivity index (χ4v) is 4.44. The normalized spacial score (nSPS) is 17.8. The van der Waals surface area contributed by atoms with E-state index in [1.54, 1.807) is 12.1 Å². The molecule has 2 aliphatic heterocycles. The van der Waals surface area contributed by atoms with Crippen molar-refractivity contribution < 1.29 is 9.21 Å². The van der Waals surface area contributed by atoms with E-state index in [0.29, 0.717) is 10.9 Å². The van der Waals surface area contributed by atoms with E-state index in [0.717, 1.165) is 27.9 Å². The van der Waals surface area contributed by atoms with Crippen molar-refractivity contribution in [3.63, 3.8) is 0 Å². The molecule has 1 amide bonds. The van der Waals surface area contributed by atoms with Crippen LogP contribution >= 0.6 is 23.5 Å². The second-order valence-electron chi connectivity index (χ2n) is 6.34. The highest BCUT2D eigenvalue weighted by molar-refractivity contribution is 8.26. The summed E-state index contributed by atoms with van der Waals surface area (Å²) in [4.78, 5) is 17.6. The van der Waals surface area contributed by atoms with Crippen LogP contribution in [0, 0.1) is 12.3 Å². The molecule has 0 unspecified atom stereocenters. The van der Waals surface area contributed by atoms with Crippen molar-refractivity contribution in [2.24, 2.45) is 10.1 Å². The van der Waals surface area contributed by atoms with E-state index >= 15 is 0 Å². The zero-order valence-electron chi connectivity index (χ0n) is 15.4. The van der Waals surface area contributed by atoms with Gasteiger partial charge in [0.15, 0.2) is 10.9 Å². The van der Waals surface area contributed by atoms with Gasteiger partial charge in [-0.1, -0.05) is 36.4 Å². The summed E-state index contributed by atoms with van der Waals surface area (Å²) in [6, 6.07) is 11.8. The third-order valence-electron chi connectivity index (χ3n) is 4.09. The Bertz CT molecular complexity index is 1030. The fourth-order valence-electron chi connectivity index (χ4n) is 2.68. The number of thioether (sulfide) groups is 1. The number of carbonyl (C=O) groups excluding carboxylic acids is 1. The zero-order chi connectivity index (χ0) is 19.7. The molecule has 1 aromatic heterocycles. The molecule has 0 saturated heterocycles. The number of nitrogens with one attached hydrogen (secondary N) is 1. The van der Waals surface area contributed by atoms with Crippen LogP contribution in [-0.2, 0) is 4.79 Å². The van der Waals surface area contributed by atoms with Crippen LogP contribution in [0.3, 0.4) is 0 Å². The minimum atomic E-state index is -0.444. The van der Waals surface area contributed by atoms with Crippen LogP contribution in [0.5, 0.6) is 0 Å². The lowest BCUT2D eigenvalue weighted by Gasteiger charge is -2.19. The Morgan fingerprint density at radius 3 is 2.79 bits per heavy atom. The number of hydrogen-bond donors (Lipinski definition) is 1. The number of amidine groups is 2. The molecule has 142 valence electrons. The molecule has 0 bridgehead atoms. The van der Waals surface area contributed by atoms with Gasteiger partial charge < -0.3 is 4.42 Å². The van der Waals surface area contributed by atoms with Crippen LogP contribution in [0.15, 0.2) is 66.5 Å². The third kappa shape index (κ3) is 3.83. The summed E-state index contributed by atoms with van der Waals surface area (Å²) in [6.45, 7) is 4.11. The Balaban J connectivity index is 1.54. The fraction of sp³-hybridized carbons (Fsp3) is 0.200. The molecule has 3 heterocycles. The predicted octanol–water partition coefficient (Wildman–Crippen LogP) is 5.16. The standard InChI is InChI=1S/C20H18N4O2S2/c1-3-4-16-23-24-18(21)15(19(25)22-20(24)28-16)11-13-7-10-17(26-13)27-14-8-5-12(2)6-9-14/h5-11,21H,3-4H2,1-2H3/b15-11-,21-18?.